The van der Waals surface area contributed by atoms with Gasteiger partial charge in [0.25, 0.3) is 0 Å². The smallest absolute Gasteiger partial charge is 0.347 e. The number of hydrogen-bond acceptors (Lipinski definition) is 11. The monoisotopic (exact) mass is 760 g/mol. The van der Waals surface area contributed by atoms with Crippen molar-refractivity contribution in [1.82, 2.24) is 0 Å². The molecule has 4 aliphatic heterocycles. The second kappa shape index (κ2) is 15.7. The molecule has 0 aromatic heterocycles. The molecule has 0 radical (unpaired) electrons. The van der Waals surface area contributed by atoms with Crippen LogP contribution < -0.4 is 0 Å². The highest BCUT2D eigenvalue weighted by molar-refractivity contribution is 5.83. The summed E-state index contributed by atoms with van der Waals surface area (Å²) < 4.78 is 32.4. The summed E-state index contributed by atoms with van der Waals surface area (Å²) in [6.07, 6.45) is 10.3. The molecule has 0 spiro atoms. The molecule has 6 atom stereocenters. The van der Waals surface area contributed by atoms with Gasteiger partial charge >= 0.3 is 29.8 Å². The molecular formula is C43H68O11. The zero-order valence-corrected chi connectivity index (χ0v) is 34.9. The fourth-order valence-electron chi connectivity index (χ4n) is 9.64. The molecule has 0 aromatic carbocycles. The Morgan fingerprint density at radius 3 is 1.67 bits per heavy atom. The maximum absolute atomic E-state index is 12.6. The first-order valence-electron chi connectivity index (χ1n) is 20.7. The number of hydrogen-bond donors (Lipinski definition) is 0. The van der Waals surface area contributed by atoms with Crippen LogP contribution >= 0.6 is 0 Å². The lowest BCUT2D eigenvalue weighted by Crippen LogP contribution is -2.58. The van der Waals surface area contributed by atoms with Crippen LogP contribution in [0.4, 0.5) is 0 Å². The van der Waals surface area contributed by atoms with Gasteiger partial charge in [-0.2, -0.15) is 0 Å². The summed E-state index contributed by atoms with van der Waals surface area (Å²) in [6.45, 7) is 22.4. The zero-order valence-electron chi connectivity index (χ0n) is 34.9. The average molecular weight is 761 g/mol. The van der Waals surface area contributed by atoms with Crippen LogP contribution in [-0.4, -0.2) is 73.1 Å². The van der Waals surface area contributed by atoms with E-state index in [-0.39, 0.29) is 70.5 Å². The normalized spacial score (nSPS) is 34.8. The van der Waals surface area contributed by atoms with Gasteiger partial charge in [-0.3, -0.25) is 19.2 Å². The van der Waals surface area contributed by atoms with Gasteiger partial charge in [-0.15, -0.1) is 0 Å². The Hall–Kier alpha value is -2.69. The summed E-state index contributed by atoms with van der Waals surface area (Å²) in [6, 6.07) is 0. The first-order valence-corrected chi connectivity index (χ1v) is 20.7. The summed E-state index contributed by atoms with van der Waals surface area (Å²) in [4.78, 5) is 58.9. The molecule has 6 unspecified atom stereocenters. The maximum Gasteiger partial charge on any atom is 0.347 e. The molecule has 11 nitrogen and oxygen atoms in total. The van der Waals surface area contributed by atoms with Crippen molar-refractivity contribution in [2.45, 2.75) is 177 Å². The van der Waals surface area contributed by atoms with Gasteiger partial charge in [0.15, 0.2) is 0 Å². The molecule has 4 heterocycles. The van der Waals surface area contributed by atoms with Crippen molar-refractivity contribution in [3.05, 3.63) is 0 Å². The van der Waals surface area contributed by atoms with Gasteiger partial charge in [0.1, 0.15) is 17.8 Å². The van der Waals surface area contributed by atoms with Crippen molar-refractivity contribution in [3.63, 3.8) is 0 Å². The van der Waals surface area contributed by atoms with Crippen molar-refractivity contribution in [2.75, 3.05) is 13.2 Å². The van der Waals surface area contributed by atoms with E-state index in [9.17, 15) is 24.0 Å². The molecule has 4 saturated carbocycles. The number of carbonyl (C=O) groups excluding carboxylic acids is 5. The summed E-state index contributed by atoms with van der Waals surface area (Å²) in [7, 11) is 0. The van der Waals surface area contributed by atoms with Crippen LogP contribution in [0.1, 0.15) is 147 Å². The summed E-state index contributed by atoms with van der Waals surface area (Å²) >= 11 is 0. The van der Waals surface area contributed by atoms with E-state index in [1.807, 2.05) is 41.5 Å². The van der Waals surface area contributed by atoms with Crippen LogP contribution in [0.5, 0.6) is 0 Å². The van der Waals surface area contributed by atoms with Crippen molar-refractivity contribution in [3.8, 4) is 0 Å². The third kappa shape index (κ3) is 8.51. The van der Waals surface area contributed by atoms with E-state index >= 15 is 0 Å². The Labute approximate surface area is 323 Å². The van der Waals surface area contributed by atoms with Crippen molar-refractivity contribution < 1.29 is 52.4 Å². The highest BCUT2D eigenvalue weighted by Gasteiger charge is 2.62. The Kier molecular flexibility index (Phi) is 12.3. The van der Waals surface area contributed by atoms with E-state index < -0.39 is 22.9 Å². The largest absolute Gasteiger partial charge is 0.465 e. The van der Waals surface area contributed by atoms with Gasteiger partial charge in [-0.25, -0.2) is 4.79 Å². The fraction of sp³-hybridized carbons (Fsp3) is 0.884. The van der Waals surface area contributed by atoms with Crippen molar-refractivity contribution >= 4 is 29.8 Å². The van der Waals surface area contributed by atoms with Gasteiger partial charge in [0.05, 0.1) is 41.5 Å². The van der Waals surface area contributed by atoms with E-state index in [4.69, 9.17) is 28.4 Å². The minimum absolute atomic E-state index is 0.00857. The highest BCUT2D eigenvalue weighted by Crippen LogP contribution is 2.64. The van der Waals surface area contributed by atoms with Gasteiger partial charge < -0.3 is 28.4 Å². The average Bonchev–Trinajstić information content (AvgIpc) is 3.89. The summed E-state index contributed by atoms with van der Waals surface area (Å²) in [5.41, 5.74) is -1.42. The number of carbonyl (C=O) groups is 5. The minimum atomic E-state index is -0.687. The lowest BCUT2D eigenvalue weighted by Gasteiger charge is -2.61. The van der Waals surface area contributed by atoms with E-state index in [0.29, 0.717) is 32.5 Å². The number of fused-ring (bicyclic) bond motifs is 5. The van der Waals surface area contributed by atoms with Crippen molar-refractivity contribution in [1.29, 1.82) is 0 Å². The second-order valence-corrected chi connectivity index (χ2v) is 19.8. The fourth-order valence-corrected chi connectivity index (χ4v) is 9.64. The maximum atomic E-state index is 12.6. The molecular weight excluding hydrogens is 692 g/mol. The molecule has 4 aliphatic carbocycles. The van der Waals surface area contributed by atoms with Crippen LogP contribution in [0.2, 0.25) is 0 Å². The van der Waals surface area contributed by atoms with Crippen LogP contribution in [0.25, 0.3) is 0 Å². The van der Waals surface area contributed by atoms with Crippen LogP contribution in [0.3, 0.4) is 0 Å². The molecule has 306 valence electrons. The number of ether oxygens (including phenoxy) is 6. The van der Waals surface area contributed by atoms with Gasteiger partial charge in [0, 0.05) is 24.2 Å². The first-order chi connectivity index (χ1) is 25.1. The Morgan fingerprint density at radius 1 is 0.685 bits per heavy atom. The minimum Gasteiger partial charge on any atom is -0.465 e. The topological polar surface area (TPSA) is 141 Å². The quantitative estimate of drug-likeness (QED) is 0.161. The lowest BCUT2D eigenvalue weighted by atomic mass is 9.46. The molecule has 6 bridgehead atoms. The zero-order chi connectivity index (χ0) is 40.0. The van der Waals surface area contributed by atoms with Crippen molar-refractivity contribution in [2.24, 2.45) is 51.2 Å². The van der Waals surface area contributed by atoms with E-state index in [2.05, 4.69) is 20.8 Å². The standard InChI is InChI=1S/C19H32O2.C14H20O5.C10H16O4/c1-6-17(2,3)16(20)21-18(4,5)19-10-13-7-14(11-19)9-15(8-13)12-19;1-4-14(2,3)13(16)19-9-5-8-10-7(11(9)18-8)6-17-12(10)15;1-4-10(2,3)9(12)14-7-5-6-13-8(7)11/h13-15H,6-12H2,1-5H3;7-11H,4-6H2,1-3H3;7H,4-6H2,1-3H3. The molecule has 4 saturated heterocycles. The van der Waals surface area contributed by atoms with Crippen LogP contribution in [0.15, 0.2) is 0 Å². The number of esters is 5. The molecule has 8 fully saturated rings. The Morgan fingerprint density at radius 2 is 1.19 bits per heavy atom. The molecule has 11 heteroatoms. The first kappa shape index (κ1) is 42.5. The SMILES string of the molecule is CCC(C)(C)C(=O)OC(C)(C)C12CC3CC(CC(C3)C1)C2.CCC(C)(C)C(=O)OC1CC2OC1C1COC(=O)C21.CCC(C)(C)C(=O)OC1CCOC1=O. The Balaban J connectivity index is 0.000000159. The third-order valence-electron chi connectivity index (χ3n) is 14.5. The molecule has 0 amide bonds. The molecule has 0 aromatic rings. The molecule has 8 rings (SSSR count). The van der Waals surface area contributed by atoms with E-state index in [1.54, 1.807) is 13.8 Å². The molecule has 0 N–H and O–H groups in total. The molecule has 54 heavy (non-hydrogen) atoms. The number of cyclic esters (lactones) is 2. The van der Waals surface area contributed by atoms with E-state index in [1.165, 1.54) is 38.5 Å². The van der Waals surface area contributed by atoms with Crippen LogP contribution in [-0.2, 0) is 52.4 Å². The molecule has 8 aliphatic rings. The lowest BCUT2D eigenvalue weighted by molar-refractivity contribution is -0.206. The van der Waals surface area contributed by atoms with Gasteiger partial charge in [0.2, 0.25) is 6.10 Å². The van der Waals surface area contributed by atoms with E-state index in [0.717, 1.165) is 30.6 Å². The van der Waals surface area contributed by atoms with Crippen LogP contribution in [0, 0.1) is 51.2 Å². The predicted molar refractivity (Wildman–Crippen MR) is 200 cm³/mol. The highest BCUT2D eigenvalue weighted by atomic mass is 16.6. The predicted octanol–water partition coefficient (Wildman–Crippen LogP) is 7.54. The Bertz CT molecular complexity index is 1390. The number of rotatable bonds is 10. The third-order valence-corrected chi connectivity index (χ3v) is 14.5. The summed E-state index contributed by atoms with van der Waals surface area (Å²) in [5.74, 6) is 1.51. The summed E-state index contributed by atoms with van der Waals surface area (Å²) in [5, 5.41) is 0. The second-order valence-electron chi connectivity index (χ2n) is 19.8. The van der Waals surface area contributed by atoms with Gasteiger partial charge in [-0.1, -0.05) is 20.8 Å². The van der Waals surface area contributed by atoms with Gasteiger partial charge in [-0.05, 0) is 131 Å².